The second-order valence-electron chi connectivity index (χ2n) is 9.35. The lowest BCUT2D eigenvalue weighted by atomic mass is 9.73. The van der Waals surface area contributed by atoms with Crippen LogP contribution in [0.3, 0.4) is 0 Å². The number of benzene rings is 2. The fourth-order valence-electron chi connectivity index (χ4n) is 4.62. The molecule has 3 aromatic rings. The molecule has 0 saturated carbocycles. The number of halogens is 1. The predicted molar refractivity (Wildman–Crippen MR) is 124 cm³/mol. The smallest absolute Gasteiger partial charge is 0.271 e. The highest BCUT2D eigenvalue weighted by molar-refractivity contribution is 7.07. The van der Waals surface area contributed by atoms with Gasteiger partial charge in [-0.3, -0.25) is 14.2 Å². The first-order valence-corrected chi connectivity index (χ1v) is 11.4. The monoisotopic (exact) mass is 446 g/mol. The summed E-state index contributed by atoms with van der Waals surface area (Å²) in [5.41, 5.74) is 3.69. The quantitative estimate of drug-likeness (QED) is 0.596. The van der Waals surface area contributed by atoms with Crippen LogP contribution in [0.2, 0.25) is 0 Å². The van der Waals surface area contributed by atoms with Crippen molar-refractivity contribution >= 4 is 23.2 Å². The maximum absolute atomic E-state index is 13.7. The number of nitrogens with zero attached hydrogens (tertiary/aromatic N) is 2. The number of aryl methyl sites for hydroxylation is 1. The lowest BCUT2D eigenvalue weighted by molar-refractivity contribution is -0.118. The van der Waals surface area contributed by atoms with E-state index in [1.165, 1.54) is 23.5 Å². The predicted octanol–water partition coefficient (Wildman–Crippen LogP) is 4.05. The number of thiazole rings is 1. The third kappa shape index (κ3) is 3.58. The van der Waals surface area contributed by atoms with Crippen molar-refractivity contribution in [2.45, 2.75) is 39.7 Å². The number of hydrogen-bond donors (Lipinski definition) is 0. The van der Waals surface area contributed by atoms with Gasteiger partial charge in [0, 0.05) is 12.0 Å². The highest BCUT2D eigenvalue weighted by Gasteiger charge is 2.40. The van der Waals surface area contributed by atoms with Crippen molar-refractivity contribution < 1.29 is 9.18 Å². The number of carbonyl (C=O) groups is 1. The first-order chi connectivity index (χ1) is 15.2. The van der Waals surface area contributed by atoms with Crippen LogP contribution in [0.5, 0.6) is 0 Å². The number of carbonyl (C=O) groups excluding carboxylic acids is 1. The first kappa shape index (κ1) is 20.8. The van der Waals surface area contributed by atoms with Gasteiger partial charge in [-0.1, -0.05) is 67.1 Å². The van der Waals surface area contributed by atoms with Crippen LogP contribution in [-0.4, -0.2) is 10.4 Å². The van der Waals surface area contributed by atoms with E-state index in [4.69, 9.17) is 4.99 Å². The molecule has 2 aromatic carbocycles. The Labute approximate surface area is 189 Å². The van der Waals surface area contributed by atoms with E-state index in [-0.39, 0.29) is 22.6 Å². The van der Waals surface area contributed by atoms with E-state index in [9.17, 15) is 14.0 Å². The Morgan fingerprint density at radius 1 is 1.12 bits per heavy atom. The van der Waals surface area contributed by atoms with Crippen LogP contribution >= 0.6 is 11.3 Å². The van der Waals surface area contributed by atoms with Gasteiger partial charge in [0.15, 0.2) is 10.6 Å². The maximum atomic E-state index is 13.7. The van der Waals surface area contributed by atoms with Crippen LogP contribution in [0.4, 0.5) is 4.39 Å². The van der Waals surface area contributed by atoms with Crippen molar-refractivity contribution in [3.8, 4) is 0 Å². The summed E-state index contributed by atoms with van der Waals surface area (Å²) < 4.78 is 15.8. The molecule has 0 saturated heterocycles. The van der Waals surface area contributed by atoms with Crippen LogP contribution in [0.25, 0.3) is 6.08 Å². The first-order valence-electron chi connectivity index (χ1n) is 10.6. The fraction of sp³-hybridized carbons (Fsp3) is 0.269. The summed E-state index contributed by atoms with van der Waals surface area (Å²) in [5.74, 6) is -0.354. The standard InChI is InChI=1S/C26H23FN2O2S/c1-15-5-4-6-16(11-15)12-21-24(31)29-23(17-7-9-18(27)10-8-17)22-19(28-25(29)32-21)13-26(2,3)14-20(22)30/h4-12,23H,13-14H2,1-3H3. The number of ketones is 1. The van der Waals surface area contributed by atoms with Crippen molar-refractivity contribution in [3.05, 3.63) is 102 Å². The Morgan fingerprint density at radius 2 is 1.88 bits per heavy atom. The highest BCUT2D eigenvalue weighted by atomic mass is 32.1. The Morgan fingerprint density at radius 3 is 2.59 bits per heavy atom. The summed E-state index contributed by atoms with van der Waals surface area (Å²) in [7, 11) is 0. The van der Waals surface area contributed by atoms with Gasteiger partial charge in [0.1, 0.15) is 5.82 Å². The molecule has 4 nitrogen and oxygen atoms in total. The second-order valence-corrected chi connectivity index (χ2v) is 10.4. The van der Waals surface area contributed by atoms with Crippen LogP contribution in [0.15, 0.2) is 69.6 Å². The average molecular weight is 447 g/mol. The zero-order valence-corrected chi connectivity index (χ0v) is 19.0. The van der Waals surface area contributed by atoms with E-state index in [2.05, 4.69) is 13.8 Å². The molecular weight excluding hydrogens is 423 g/mol. The van der Waals surface area contributed by atoms with Crippen molar-refractivity contribution in [1.29, 1.82) is 0 Å². The zero-order chi connectivity index (χ0) is 22.6. The van der Waals surface area contributed by atoms with Crippen LogP contribution in [0.1, 0.15) is 49.4 Å². The van der Waals surface area contributed by atoms with Gasteiger partial charge in [-0.25, -0.2) is 9.38 Å². The largest absolute Gasteiger partial charge is 0.294 e. The SMILES string of the molecule is Cc1cccc(C=c2sc3n(c2=O)C(c2ccc(F)cc2)C2=C(CC(C)(C)CC2=O)N=3)c1. The summed E-state index contributed by atoms with van der Waals surface area (Å²) in [4.78, 5) is 32.1. The summed E-state index contributed by atoms with van der Waals surface area (Å²) in [6.45, 7) is 6.13. The maximum Gasteiger partial charge on any atom is 0.271 e. The van der Waals surface area contributed by atoms with Crippen molar-refractivity contribution in [1.82, 2.24) is 4.57 Å². The number of aromatic nitrogens is 1. The van der Waals surface area contributed by atoms with Gasteiger partial charge < -0.3 is 0 Å². The molecule has 1 atom stereocenters. The second kappa shape index (κ2) is 7.48. The average Bonchev–Trinajstić information content (AvgIpc) is 3.01. The minimum atomic E-state index is -0.592. The van der Waals surface area contributed by atoms with E-state index in [1.54, 1.807) is 16.7 Å². The summed E-state index contributed by atoms with van der Waals surface area (Å²) in [5, 5.41) is 0. The molecule has 0 bridgehead atoms. The molecule has 0 N–H and O–H groups in total. The molecule has 2 aliphatic rings. The zero-order valence-electron chi connectivity index (χ0n) is 18.2. The molecule has 6 heteroatoms. The summed E-state index contributed by atoms with van der Waals surface area (Å²) >= 11 is 1.33. The van der Waals surface area contributed by atoms with Gasteiger partial charge >= 0.3 is 0 Å². The molecule has 1 aromatic heterocycles. The molecule has 0 radical (unpaired) electrons. The number of rotatable bonds is 2. The lowest BCUT2D eigenvalue weighted by Gasteiger charge is -2.35. The van der Waals surface area contributed by atoms with Gasteiger partial charge in [-0.2, -0.15) is 0 Å². The van der Waals surface area contributed by atoms with Crippen molar-refractivity contribution in [3.63, 3.8) is 0 Å². The van der Waals surface area contributed by atoms with E-state index in [1.807, 2.05) is 37.3 Å². The van der Waals surface area contributed by atoms with Crippen molar-refractivity contribution in [2.75, 3.05) is 0 Å². The highest BCUT2D eigenvalue weighted by Crippen LogP contribution is 2.43. The molecule has 0 amide bonds. The Bertz CT molecular complexity index is 1460. The van der Waals surface area contributed by atoms with E-state index >= 15 is 0 Å². The Hall–Kier alpha value is -3.12. The molecule has 162 valence electrons. The summed E-state index contributed by atoms with van der Waals surface area (Å²) in [6, 6.07) is 13.4. The van der Waals surface area contributed by atoms with Gasteiger partial charge in [0.05, 0.1) is 16.3 Å². The van der Waals surface area contributed by atoms with E-state index < -0.39 is 6.04 Å². The number of Topliss-reactive ketones (excluding diaryl/α,β-unsaturated/α-hetero) is 1. The number of allylic oxidation sites excluding steroid dienone is 2. The molecule has 1 aliphatic carbocycles. The minimum absolute atomic E-state index is 0.00212. The molecule has 5 rings (SSSR count). The Balaban J connectivity index is 1.77. The minimum Gasteiger partial charge on any atom is -0.294 e. The van der Waals surface area contributed by atoms with Crippen molar-refractivity contribution in [2.24, 2.45) is 10.4 Å². The van der Waals surface area contributed by atoms with Gasteiger partial charge in [-0.05, 0) is 48.1 Å². The molecule has 32 heavy (non-hydrogen) atoms. The van der Waals surface area contributed by atoms with Crippen LogP contribution in [-0.2, 0) is 4.79 Å². The molecule has 0 spiro atoms. The lowest BCUT2D eigenvalue weighted by Crippen LogP contribution is -2.42. The van der Waals surface area contributed by atoms with E-state index in [0.717, 1.165) is 16.8 Å². The molecular formula is C26H23FN2O2S. The van der Waals surface area contributed by atoms with Gasteiger partial charge in [0.2, 0.25) is 0 Å². The molecule has 1 aliphatic heterocycles. The summed E-state index contributed by atoms with van der Waals surface area (Å²) in [6.07, 6.45) is 2.93. The van der Waals surface area contributed by atoms with Gasteiger partial charge in [0.25, 0.3) is 5.56 Å². The van der Waals surface area contributed by atoms with Gasteiger partial charge in [-0.15, -0.1) is 0 Å². The van der Waals surface area contributed by atoms with Crippen LogP contribution in [0, 0.1) is 18.2 Å². The van der Waals surface area contributed by atoms with Crippen LogP contribution < -0.4 is 14.9 Å². The number of hydrogen-bond acceptors (Lipinski definition) is 4. The molecule has 1 unspecified atom stereocenters. The molecule has 0 fully saturated rings. The fourth-order valence-corrected chi connectivity index (χ4v) is 5.64. The Kier molecular flexibility index (Phi) is 4.86. The normalized spacial score (nSPS) is 20.1. The molecule has 2 heterocycles. The third-order valence-electron chi connectivity index (χ3n) is 6.02. The third-order valence-corrected chi connectivity index (χ3v) is 7.00. The van der Waals surface area contributed by atoms with E-state index in [0.29, 0.717) is 33.3 Å². The number of fused-ring (bicyclic) bond motifs is 1. The topological polar surface area (TPSA) is 51.4 Å².